The first-order chi connectivity index (χ1) is 11.8. The van der Waals surface area contributed by atoms with E-state index in [-0.39, 0.29) is 18.2 Å². The molecular weight excluding hydrogens is 320 g/mol. The number of carbonyl (C=O) groups is 2. The Labute approximate surface area is 149 Å². The Bertz CT molecular complexity index is 572. The second-order valence-electron chi connectivity index (χ2n) is 7.37. The second kappa shape index (κ2) is 8.85. The molecule has 0 radical (unpaired) electrons. The number of rotatable bonds is 7. The summed E-state index contributed by atoms with van der Waals surface area (Å²) in [5, 5.41) is 5.57. The summed E-state index contributed by atoms with van der Waals surface area (Å²) in [5.41, 5.74) is 0.264. The average Bonchev–Trinajstić information content (AvgIpc) is 3.06. The summed E-state index contributed by atoms with van der Waals surface area (Å²) in [7, 11) is 0. The van der Waals surface area contributed by atoms with Crippen molar-refractivity contribution in [2.45, 2.75) is 33.6 Å². The molecule has 1 heterocycles. The van der Waals surface area contributed by atoms with Crippen LogP contribution in [0, 0.1) is 11.3 Å². The third-order valence-corrected chi connectivity index (χ3v) is 3.97. The fourth-order valence-electron chi connectivity index (χ4n) is 2.34. The minimum Gasteiger partial charge on any atom is -0.493 e. The molecule has 2 amide bonds. The summed E-state index contributed by atoms with van der Waals surface area (Å²) in [6.07, 6.45) is 1.28. The molecular formula is C19H28N2O4. The van der Waals surface area contributed by atoms with Crippen molar-refractivity contribution in [3.05, 3.63) is 24.3 Å². The highest BCUT2D eigenvalue weighted by molar-refractivity contribution is 5.91. The Kier molecular flexibility index (Phi) is 6.82. The van der Waals surface area contributed by atoms with Crippen LogP contribution in [-0.2, 0) is 14.3 Å². The Morgan fingerprint density at radius 1 is 1.24 bits per heavy atom. The van der Waals surface area contributed by atoms with E-state index in [0.29, 0.717) is 24.8 Å². The van der Waals surface area contributed by atoms with Crippen LogP contribution in [0.2, 0.25) is 0 Å². The maximum absolute atomic E-state index is 11.9. The normalized spacial score (nSPS) is 17.2. The first kappa shape index (κ1) is 19.2. The lowest BCUT2D eigenvalue weighted by Crippen LogP contribution is -2.36. The van der Waals surface area contributed by atoms with Gasteiger partial charge in [-0.1, -0.05) is 20.8 Å². The van der Waals surface area contributed by atoms with Crippen LogP contribution in [0.3, 0.4) is 0 Å². The van der Waals surface area contributed by atoms with Gasteiger partial charge in [0.05, 0.1) is 13.2 Å². The molecule has 138 valence electrons. The first-order valence-electron chi connectivity index (χ1n) is 8.73. The SMILES string of the molecule is CC(C)(C)C(=O)NCCC(=O)Nc1ccc(OC[C@@H]2CCOC2)cc1. The van der Waals surface area contributed by atoms with Crippen molar-refractivity contribution in [2.24, 2.45) is 11.3 Å². The van der Waals surface area contributed by atoms with E-state index in [1.54, 1.807) is 0 Å². The van der Waals surface area contributed by atoms with Crippen LogP contribution in [0.4, 0.5) is 5.69 Å². The second-order valence-corrected chi connectivity index (χ2v) is 7.37. The number of amides is 2. The van der Waals surface area contributed by atoms with Crippen molar-refractivity contribution in [2.75, 3.05) is 31.7 Å². The molecule has 0 aromatic heterocycles. The molecule has 0 aliphatic carbocycles. The highest BCUT2D eigenvalue weighted by Crippen LogP contribution is 2.19. The molecule has 1 aromatic rings. The van der Waals surface area contributed by atoms with Crippen LogP contribution in [0.15, 0.2) is 24.3 Å². The van der Waals surface area contributed by atoms with Crippen molar-refractivity contribution < 1.29 is 19.1 Å². The third-order valence-electron chi connectivity index (χ3n) is 3.97. The molecule has 6 heteroatoms. The Hall–Kier alpha value is -2.08. The lowest BCUT2D eigenvalue weighted by Gasteiger charge is -2.17. The molecule has 1 aliphatic rings. The van der Waals surface area contributed by atoms with Gasteiger partial charge in [0.15, 0.2) is 0 Å². The molecule has 0 saturated carbocycles. The van der Waals surface area contributed by atoms with Crippen molar-refractivity contribution in [3.8, 4) is 5.75 Å². The van der Waals surface area contributed by atoms with Gasteiger partial charge in [-0.05, 0) is 30.7 Å². The number of hydrogen-bond donors (Lipinski definition) is 2. The highest BCUT2D eigenvalue weighted by atomic mass is 16.5. The third kappa shape index (κ3) is 6.74. The molecule has 0 bridgehead atoms. The molecule has 1 aromatic carbocycles. The van der Waals surface area contributed by atoms with E-state index < -0.39 is 5.41 Å². The van der Waals surface area contributed by atoms with Crippen LogP contribution < -0.4 is 15.4 Å². The van der Waals surface area contributed by atoms with Gasteiger partial charge in [-0.25, -0.2) is 0 Å². The number of benzene rings is 1. The monoisotopic (exact) mass is 348 g/mol. The minimum atomic E-state index is -0.447. The van der Waals surface area contributed by atoms with Gasteiger partial charge in [-0.2, -0.15) is 0 Å². The van der Waals surface area contributed by atoms with Crippen molar-refractivity contribution in [3.63, 3.8) is 0 Å². The van der Waals surface area contributed by atoms with Gasteiger partial charge >= 0.3 is 0 Å². The summed E-state index contributed by atoms with van der Waals surface area (Å²) in [4.78, 5) is 23.7. The number of carbonyl (C=O) groups excluding carboxylic acids is 2. The average molecular weight is 348 g/mol. The quantitative estimate of drug-likeness (QED) is 0.794. The molecule has 1 saturated heterocycles. The molecule has 1 fully saturated rings. The number of anilines is 1. The van der Waals surface area contributed by atoms with Crippen LogP contribution in [0.25, 0.3) is 0 Å². The van der Waals surface area contributed by atoms with Gasteiger partial charge < -0.3 is 20.1 Å². The predicted molar refractivity (Wildman–Crippen MR) is 96.6 cm³/mol. The van der Waals surface area contributed by atoms with E-state index in [4.69, 9.17) is 9.47 Å². The van der Waals surface area contributed by atoms with Crippen molar-refractivity contribution in [1.82, 2.24) is 5.32 Å². The zero-order chi connectivity index (χ0) is 18.3. The van der Waals surface area contributed by atoms with E-state index >= 15 is 0 Å². The van der Waals surface area contributed by atoms with Crippen molar-refractivity contribution in [1.29, 1.82) is 0 Å². The predicted octanol–water partition coefficient (Wildman–Crippen LogP) is 2.59. The number of nitrogens with one attached hydrogen (secondary N) is 2. The first-order valence-corrected chi connectivity index (χ1v) is 8.73. The Balaban J connectivity index is 1.69. The number of ether oxygens (including phenoxy) is 2. The molecule has 2 rings (SSSR count). The largest absolute Gasteiger partial charge is 0.493 e. The van der Waals surface area contributed by atoms with Gasteiger partial charge in [0.2, 0.25) is 11.8 Å². The smallest absolute Gasteiger partial charge is 0.226 e. The van der Waals surface area contributed by atoms with Crippen LogP contribution in [-0.4, -0.2) is 38.2 Å². The minimum absolute atomic E-state index is 0.0607. The van der Waals surface area contributed by atoms with E-state index in [1.807, 2.05) is 45.0 Å². The topological polar surface area (TPSA) is 76.7 Å². The van der Waals surface area contributed by atoms with Crippen LogP contribution in [0.1, 0.15) is 33.6 Å². The lowest BCUT2D eigenvalue weighted by atomic mass is 9.96. The zero-order valence-corrected chi connectivity index (χ0v) is 15.3. The van der Waals surface area contributed by atoms with Crippen LogP contribution in [0.5, 0.6) is 5.75 Å². The van der Waals surface area contributed by atoms with E-state index in [9.17, 15) is 9.59 Å². The maximum atomic E-state index is 11.9. The summed E-state index contributed by atoms with van der Waals surface area (Å²) >= 11 is 0. The zero-order valence-electron chi connectivity index (χ0n) is 15.3. The van der Waals surface area contributed by atoms with Gasteiger partial charge in [0.25, 0.3) is 0 Å². The molecule has 1 atom stereocenters. The summed E-state index contributed by atoms with van der Waals surface area (Å²) in [6.45, 7) is 8.07. The molecule has 0 unspecified atom stereocenters. The van der Waals surface area contributed by atoms with E-state index in [2.05, 4.69) is 10.6 Å². The Morgan fingerprint density at radius 3 is 2.56 bits per heavy atom. The summed E-state index contributed by atoms with van der Waals surface area (Å²) in [6, 6.07) is 7.30. The molecule has 25 heavy (non-hydrogen) atoms. The highest BCUT2D eigenvalue weighted by Gasteiger charge is 2.20. The number of hydrogen-bond acceptors (Lipinski definition) is 4. The lowest BCUT2D eigenvalue weighted by molar-refractivity contribution is -0.128. The summed E-state index contributed by atoms with van der Waals surface area (Å²) < 4.78 is 11.1. The molecule has 6 nitrogen and oxygen atoms in total. The fraction of sp³-hybridized carbons (Fsp3) is 0.579. The van der Waals surface area contributed by atoms with Crippen LogP contribution >= 0.6 is 0 Å². The Morgan fingerprint density at radius 2 is 1.96 bits per heavy atom. The van der Waals surface area contributed by atoms with E-state index in [1.165, 1.54) is 0 Å². The maximum Gasteiger partial charge on any atom is 0.226 e. The molecule has 1 aliphatic heterocycles. The molecule has 2 N–H and O–H groups in total. The van der Waals surface area contributed by atoms with Crippen molar-refractivity contribution >= 4 is 17.5 Å². The standard InChI is InChI=1S/C19H28N2O4/c1-19(2,3)18(23)20-10-8-17(22)21-15-4-6-16(7-5-15)25-13-14-9-11-24-12-14/h4-7,14H,8-13H2,1-3H3,(H,20,23)(H,21,22)/t14-/m1/s1. The molecule has 0 spiro atoms. The van der Waals surface area contributed by atoms with Gasteiger partial charge in [0.1, 0.15) is 5.75 Å². The van der Waals surface area contributed by atoms with Gasteiger partial charge in [-0.15, -0.1) is 0 Å². The van der Waals surface area contributed by atoms with Gasteiger partial charge in [-0.3, -0.25) is 9.59 Å². The fourth-order valence-corrected chi connectivity index (χ4v) is 2.34. The van der Waals surface area contributed by atoms with E-state index in [0.717, 1.165) is 25.4 Å². The summed E-state index contributed by atoms with van der Waals surface area (Å²) in [5.74, 6) is 1.05. The van der Waals surface area contributed by atoms with Gasteiger partial charge in [0, 0.05) is 36.6 Å².